The third kappa shape index (κ3) is 12.6. The number of rotatable bonds is 21. The van der Waals surface area contributed by atoms with Crippen LogP contribution in [0.3, 0.4) is 0 Å². The summed E-state index contributed by atoms with van der Waals surface area (Å²) >= 11 is 0. The maximum atomic E-state index is 15.0. The molecule has 0 N–H and O–H groups in total. The van der Waals surface area contributed by atoms with E-state index in [0.717, 1.165) is 47.9 Å². The maximum Gasteiger partial charge on any atom is 0.311 e. The molecule has 0 saturated heterocycles. The number of ether oxygens (including phenoxy) is 3. The quantitative estimate of drug-likeness (QED) is 0.0315. The fourth-order valence-electron chi connectivity index (χ4n) is 7.79. The zero-order valence-corrected chi connectivity index (χ0v) is 34.4. The number of carbonyl (C=O) groups is 4. The van der Waals surface area contributed by atoms with Gasteiger partial charge in [-0.1, -0.05) is 171 Å². The number of unbranched alkanes of at least 4 members (excludes halogenated alkanes) is 1. The van der Waals surface area contributed by atoms with Gasteiger partial charge in [-0.2, -0.15) is 0 Å². The largest absolute Gasteiger partial charge is 0.461 e. The topological polar surface area (TPSA) is 99.2 Å². The molecule has 6 rings (SSSR count). The number of esters is 3. The lowest BCUT2D eigenvalue weighted by Gasteiger charge is -2.47. The van der Waals surface area contributed by atoms with Crippen molar-refractivity contribution < 1.29 is 33.4 Å². The molecule has 60 heavy (non-hydrogen) atoms. The molecule has 0 radical (unpaired) electrons. The van der Waals surface area contributed by atoms with E-state index in [0.29, 0.717) is 18.9 Å². The van der Waals surface area contributed by atoms with E-state index in [1.54, 1.807) is 4.90 Å². The molecule has 5 aromatic carbocycles. The second kappa shape index (κ2) is 22.8. The average molecular weight is 806 g/mol. The molecule has 310 valence electrons. The number of aryl methyl sites for hydroxylation is 1. The summed E-state index contributed by atoms with van der Waals surface area (Å²) in [5.41, 5.74) is 4.49. The van der Waals surface area contributed by atoms with Crippen LogP contribution in [0.1, 0.15) is 60.4 Å². The second-order valence-corrected chi connectivity index (χ2v) is 15.6. The molecule has 0 spiro atoms. The van der Waals surface area contributed by atoms with E-state index in [4.69, 9.17) is 14.2 Å². The summed E-state index contributed by atoms with van der Waals surface area (Å²) in [5, 5.41) is 0. The predicted octanol–water partition coefficient (Wildman–Crippen LogP) is 9.72. The molecule has 1 saturated carbocycles. The van der Waals surface area contributed by atoms with Gasteiger partial charge in [-0.15, -0.1) is 0 Å². The van der Waals surface area contributed by atoms with Crippen LogP contribution >= 0.6 is 0 Å². The van der Waals surface area contributed by atoms with Crippen molar-refractivity contribution in [1.82, 2.24) is 4.90 Å². The molecular weight excluding hydrogens is 751 g/mol. The van der Waals surface area contributed by atoms with Crippen molar-refractivity contribution in [2.24, 2.45) is 29.6 Å². The summed E-state index contributed by atoms with van der Waals surface area (Å²) < 4.78 is 17.4. The minimum atomic E-state index is -1.29. The van der Waals surface area contributed by atoms with Gasteiger partial charge in [0.15, 0.2) is 0 Å². The highest BCUT2D eigenvalue weighted by molar-refractivity contribution is 5.99. The Morgan fingerprint density at radius 3 is 1.33 bits per heavy atom. The third-order valence-corrected chi connectivity index (χ3v) is 11.1. The van der Waals surface area contributed by atoms with Crippen LogP contribution in [0.4, 0.5) is 0 Å². The molecule has 8 heteroatoms. The van der Waals surface area contributed by atoms with Gasteiger partial charge >= 0.3 is 17.9 Å². The maximum absolute atomic E-state index is 15.0. The van der Waals surface area contributed by atoms with Gasteiger partial charge < -0.3 is 19.1 Å². The Hall–Kier alpha value is -6.28. The molecule has 8 nitrogen and oxygen atoms in total. The van der Waals surface area contributed by atoms with E-state index in [2.05, 4.69) is 43.3 Å². The smallest absolute Gasteiger partial charge is 0.311 e. The first-order valence-corrected chi connectivity index (χ1v) is 21.0. The minimum absolute atomic E-state index is 0.0588. The highest BCUT2D eigenvalue weighted by atomic mass is 16.5. The first-order valence-electron chi connectivity index (χ1n) is 21.0. The van der Waals surface area contributed by atoms with Gasteiger partial charge in [0.1, 0.15) is 19.8 Å². The fourth-order valence-corrected chi connectivity index (χ4v) is 7.79. The molecule has 5 aromatic rings. The Bertz CT molecular complexity index is 2050. The molecule has 0 heterocycles. The number of carbonyl (C=O) groups excluding carboxylic acids is 4. The number of allylic oxidation sites excluding steroid dienone is 2. The Morgan fingerprint density at radius 2 is 0.900 bits per heavy atom. The van der Waals surface area contributed by atoms with Gasteiger partial charge in [-0.05, 0) is 65.8 Å². The molecular formula is C52H55NO7. The van der Waals surface area contributed by atoms with Crippen molar-refractivity contribution in [2.75, 3.05) is 6.54 Å². The lowest BCUT2D eigenvalue weighted by Crippen LogP contribution is -2.63. The zero-order valence-electron chi connectivity index (χ0n) is 34.4. The first kappa shape index (κ1) is 43.3. The van der Waals surface area contributed by atoms with Crippen molar-refractivity contribution in [1.29, 1.82) is 0 Å². The number of benzene rings is 5. The summed E-state index contributed by atoms with van der Waals surface area (Å²) in [6.07, 6.45) is 9.03. The monoisotopic (exact) mass is 805 g/mol. The highest BCUT2D eigenvalue weighted by Gasteiger charge is 2.65. The SMILES string of the molecule is C[C@@H](/C=C/CCCN(Cc1ccccc1)C(=O)C1C(C(=O)OCc2ccccc2)C(C(=O)OCc2ccccc2)C1C(=O)OCc1ccccc1)CCCc1ccccc1. The van der Waals surface area contributed by atoms with Gasteiger partial charge in [-0.3, -0.25) is 19.2 Å². The summed E-state index contributed by atoms with van der Waals surface area (Å²) in [6, 6.07) is 47.7. The lowest BCUT2D eigenvalue weighted by molar-refractivity contribution is -0.198. The van der Waals surface area contributed by atoms with Crippen LogP contribution in [0.2, 0.25) is 0 Å². The Morgan fingerprint density at radius 1 is 0.517 bits per heavy atom. The molecule has 1 amide bonds. The number of hydrogen-bond donors (Lipinski definition) is 0. The highest BCUT2D eigenvalue weighted by Crippen LogP contribution is 2.50. The zero-order chi connectivity index (χ0) is 41.9. The molecule has 0 aliphatic heterocycles. The lowest BCUT2D eigenvalue weighted by atomic mass is 9.55. The van der Waals surface area contributed by atoms with Gasteiger partial charge in [0.05, 0.1) is 23.7 Å². The van der Waals surface area contributed by atoms with Crippen LogP contribution in [-0.4, -0.2) is 35.3 Å². The van der Waals surface area contributed by atoms with E-state index in [1.807, 2.05) is 127 Å². The summed E-state index contributed by atoms with van der Waals surface area (Å²) in [5.74, 6) is -7.29. The Kier molecular flexibility index (Phi) is 16.4. The van der Waals surface area contributed by atoms with E-state index in [1.165, 1.54) is 5.56 Å². The molecule has 3 atom stereocenters. The standard InChI is InChI=1S/C52H55NO7/c1-39(22-20-33-40-23-9-2-10-24-40)21-8-7-19-34-53(35-41-25-11-3-12-26-41)49(54)45-46(50(55)58-36-42-27-13-4-14-28-42)48(52(57)60-38-44-31-17-6-18-32-44)47(45)51(56)59-37-43-29-15-5-16-30-43/h2-6,8-18,21,23-32,39,45-48H,7,19-20,22,33-38H2,1H3/b21-8+/t39-,45?,46?,47?,48?/m0/s1. The van der Waals surface area contributed by atoms with E-state index >= 15 is 4.79 Å². The van der Waals surface area contributed by atoms with E-state index < -0.39 is 47.5 Å². The van der Waals surface area contributed by atoms with E-state index in [9.17, 15) is 14.4 Å². The second-order valence-electron chi connectivity index (χ2n) is 15.6. The summed E-state index contributed by atoms with van der Waals surface area (Å²) in [4.78, 5) is 59.2. The van der Waals surface area contributed by atoms with Crippen molar-refractivity contribution in [3.63, 3.8) is 0 Å². The van der Waals surface area contributed by atoms with Crippen LogP contribution in [0.15, 0.2) is 164 Å². The van der Waals surface area contributed by atoms with E-state index in [-0.39, 0.29) is 26.4 Å². The number of amides is 1. The van der Waals surface area contributed by atoms with Gasteiger partial charge in [0.2, 0.25) is 5.91 Å². The number of nitrogens with zero attached hydrogens (tertiary/aromatic N) is 1. The molecule has 1 aliphatic carbocycles. The summed E-state index contributed by atoms with van der Waals surface area (Å²) in [7, 11) is 0. The van der Waals surface area contributed by atoms with Crippen LogP contribution < -0.4 is 0 Å². The van der Waals surface area contributed by atoms with Crippen LogP contribution in [0, 0.1) is 29.6 Å². The van der Waals surface area contributed by atoms with Crippen LogP contribution in [-0.2, 0) is 66.2 Å². The van der Waals surface area contributed by atoms with Crippen molar-refractivity contribution >= 4 is 23.8 Å². The minimum Gasteiger partial charge on any atom is -0.461 e. The van der Waals surface area contributed by atoms with Gasteiger partial charge in [0.25, 0.3) is 0 Å². The average Bonchev–Trinajstić information content (AvgIpc) is 3.28. The molecule has 0 aromatic heterocycles. The van der Waals surface area contributed by atoms with Crippen molar-refractivity contribution in [3.05, 3.63) is 192 Å². The predicted molar refractivity (Wildman–Crippen MR) is 231 cm³/mol. The van der Waals surface area contributed by atoms with Crippen molar-refractivity contribution in [2.45, 2.75) is 65.4 Å². The third-order valence-electron chi connectivity index (χ3n) is 11.1. The molecule has 0 bridgehead atoms. The van der Waals surface area contributed by atoms with Crippen molar-refractivity contribution in [3.8, 4) is 0 Å². The first-order chi connectivity index (χ1) is 29.4. The Balaban J connectivity index is 1.22. The fraction of sp³-hybridized carbons (Fsp3) is 0.308. The van der Waals surface area contributed by atoms with Crippen LogP contribution in [0.25, 0.3) is 0 Å². The number of hydrogen-bond acceptors (Lipinski definition) is 7. The van der Waals surface area contributed by atoms with Gasteiger partial charge in [-0.25, -0.2) is 0 Å². The molecule has 1 fully saturated rings. The van der Waals surface area contributed by atoms with Gasteiger partial charge in [0, 0.05) is 13.1 Å². The normalized spacial score (nSPS) is 17.6. The van der Waals surface area contributed by atoms with Crippen LogP contribution in [0.5, 0.6) is 0 Å². The molecule has 1 aliphatic rings. The summed E-state index contributed by atoms with van der Waals surface area (Å²) in [6.45, 7) is 2.67. The molecule has 2 unspecified atom stereocenters. The Labute approximate surface area is 354 Å².